The molecule has 4 fully saturated rings. The summed E-state index contributed by atoms with van der Waals surface area (Å²) in [5.74, 6) is 2.51. The van der Waals surface area contributed by atoms with Crippen LogP contribution in [-0.4, -0.2) is 60.5 Å². The first-order valence-corrected chi connectivity index (χ1v) is 17.2. The molecule has 1 aromatic rings. The molecule has 0 aromatic heterocycles. The van der Waals surface area contributed by atoms with Gasteiger partial charge >= 0.3 is 0 Å². The van der Waals surface area contributed by atoms with Gasteiger partial charge in [0.25, 0.3) is 5.91 Å². The molecule has 43 heavy (non-hydrogen) atoms. The number of oxime groups is 1. The highest BCUT2D eigenvalue weighted by Crippen LogP contribution is 2.65. The second-order valence-corrected chi connectivity index (χ2v) is 15.5. The fraction of sp³-hybridized carbons (Fsp3) is 0.730. The van der Waals surface area contributed by atoms with Crippen molar-refractivity contribution in [2.75, 3.05) is 26.7 Å². The van der Waals surface area contributed by atoms with Crippen LogP contribution in [0.1, 0.15) is 97.5 Å². The molecule has 3 saturated carbocycles. The molecular formula is C37H55N3O3. The summed E-state index contributed by atoms with van der Waals surface area (Å²) in [6, 6.07) is 11.4. The van der Waals surface area contributed by atoms with Gasteiger partial charge in [0.15, 0.2) is 6.61 Å². The monoisotopic (exact) mass is 589 g/mol. The van der Waals surface area contributed by atoms with Crippen molar-refractivity contribution in [2.24, 2.45) is 39.7 Å². The number of fused-ring (bicyclic) bond motifs is 5. The Morgan fingerprint density at radius 1 is 1.07 bits per heavy atom. The minimum Gasteiger partial charge on any atom is -0.393 e. The van der Waals surface area contributed by atoms with Crippen LogP contribution < -0.4 is 5.32 Å². The van der Waals surface area contributed by atoms with Gasteiger partial charge in [0.05, 0.1) is 11.8 Å². The van der Waals surface area contributed by atoms with Crippen molar-refractivity contribution in [3.63, 3.8) is 0 Å². The van der Waals surface area contributed by atoms with E-state index in [2.05, 4.69) is 86.5 Å². The van der Waals surface area contributed by atoms with Crippen LogP contribution in [0.15, 0.2) is 47.1 Å². The van der Waals surface area contributed by atoms with Crippen molar-refractivity contribution in [2.45, 2.75) is 109 Å². The quantitative estimate of drug-likeness (QED) is 0.357. The van der Waals surface area contributed by atoms with Crippen LogP contribution in [0, 0.1) is 34.5 Å². The molecule has 1 amide bonds. The lowest BCUT2D eigenvalue weighted by Gasteiger charge is -2.57. The lowest BCUT2D eigenvalue weighted by Crippen LogP contribution is -2.52. The number of rotatable bonds is 7. The molecule has 0 radical (unpaired) electrons. The van der Waals surface area contributed by atoms with E-state index in [0.29, 0.717) is 30.3 Å². The number of piperidine rings is 1. The molecule has 1 aliphatic heterocycles. The molecule has 6 rings (SSSR count). The van der Waals surface area contributed by atoms with Gasteiger partial charge in [-0.15, -0.1) is 0 Å². The Balaban J connectivity index is 1.03. The molecule has 0 spiro atoms. The largest absolute Gasteiger partial charge is 0.393 e. The van der Waals surface area contributed by atoms with Crippen LogP contribution >= 0.6 is 0 Å². The summed E-state index contributed by atoms with van der Waals surface area (Å²) >= 11 is 0. The SMILES string of the molecule is C[C@@H]1C[C@](CCNC(=O)CO/N=C2\C=C3CC[C@@H]4[C@@H]5CC[C@H](O)[C@@]5(C)CC[C@@H]4[C@@]3(C)CC2)(c2ccccc2)[C@H](C)CN1C. The summed E-state index contributed by atoms with van der Waals surface area (Å²) < 4.78 is 0. The molecular weight excluding hydrogens is 534 g/mol. The van der Waals surface area contributed by atoms with Gasteiger partial charge in [-0.3, -0.25) is 4.79 Å². The summed E-state index contributed by atoms with van der Waals surface area (Å²) in [4.78, 5) is 20.9. The van der Waals surface area contributed by atoms with E-state index in [1.807, 2.05) is 0 Å². The third-order valence-electron chi connectivity index (χ3n) is 13.5. The summed E-state index contributed by atoms with van der Waals surface area (Å²) in [5.41, 5.74) is 4.30. The summed E-state index contributed by atoms with van der Waals surface area (Å²) in [7, 11) is 2.22. The van der Waals surface area contributed by atoms with Crippen molar-refractivity contribution in [1.82, 2.24) is 10.2 Å². The van der Waals surface area contributed by atoms with Crippen LogP contribution in [0.25, 0.3) is 0 Å². The maximum absolute atomic E-state index is 12.8. The van der Waals surface area contributed by atoms with E-state index in [9.17, 15) is 9.90 Å². The average molecular weight is 590 g/mol. The van der Waals surface area contributed by atoms with Crippen molar-refractivity contribution in [3.8, 4) is 0 Å². The lowest BCUT2D eigenvalue weighted by molar-refractivity contribution is -0.125. The molecule has 2 N–H and O–H groups in total. The number of likely N-dealkylation sites (tertiary alicyclic amines) is 1. The molecule has 1 heterocycles. The van der Waals surface area contributed by atoms with Crippen LogP contribution in [0.5, 0.6) is 0 Å². The van der Waals surface area contributed by atoms with E-state index in [0.717, 1.165) is 63.1 Å². The Bertz CT molecular complexity index is 1230. The number of aliphatic hydroxyl groups is 1. The van der Waals surface area contributed by atoms with E-state index >= 15 is 0 Å². The normalized spacial score (nSPS) is 42.0. The van der Waals surface area contributed by atoms with Gasteiger partial charge in [-0.1, -0.05) is 61.8 Å². The van der Waals surface area contributed by atoms with Crippen molar-refractivity contribution >= 4 is 11.6 Å². The van der Waals surface area contributed by atoms with Crippen molar-refractivity contribution in [3.05, 3.63) is 47.5 Å². The first-order chi connectivity index (χ1) is 20.6. The number of carbonyl (C=O) groups is 1. The number of allylic oxidation sites excluding steroid dienone is 2. The minimum atomic E-state index is -0.117. The van der Waals surface area contributed by atoms with E-state index in [1.165, 1.54) is 30.4 Å². The molecule has 6 heteroatoms. The van der Waals surface area contributed by atoms with E-state index < -0.39 is 0 Å². The van der Waals surface area contributed by atoms with Gasteiger partial charge in [-0.25, -0.2) is 0 Å². The predicted molar refractivity (Wildman–Crippen MR) is 173 cm³/mol. The number of hydrogen-bond acceptors (Lipinski definition) is 5. The summed E-state index contributed by atoms with van der Waals surface area (Å²) in [6.07, 6.45) is 13.1. The topological polar surface area (TPSA) is 74.2 Å². The number of benzene rings is 1. The second kappa shape index (κ2) is 12.0. The van der Waals surface area contributed by atoms with E-state index in [1.54, 1.807) is 0 Å². The molecule has 1 saturated heterocycles. The van der Waals surface area contributed by atoms with Gasteiger partial charge in [0.1, 0.15) is 0 Å². The van der Waals surface area contributed by atoms with Crippen molar-refractivity contribution < 1.29 is 14.7 Å². The number of amides is 1. The fourth-order valence-corrected chi connectivity index (χ4v) is 10.6. The number of carbonyl (C=O) groups excluding carboxylic acids is 1. The maximum atomic E-state index is 12.8. The second-order valence-electron chi connectivity index (χ2n) is 15.5. The van der Waals surface area contributed by atoms with Crippen LogP contribution in [-0.2, 0) is 15.0 Å². The zero-order chi connectivity index (χ0) is 30.4. The van der Waals surface area contributed by atoms with Gasteiger partial charge in [-0.2, -0.15) is 0 Å². The number of aliphatic hydroxyl groups excluding tert-OH is 1. The predicted octanol–water partition coefficient (Wildman–Crippen LogP) is 6.49. The molecule has 0 unspecified atom stereocenters. The highest BCUT2D eigenvalue weighted by atomic mass is 16.6. The smallest absolute Gasteiger partial charge is 0.260 e. The first-order valence-electron chi connectivity index (χ1n) is 17.2. The van der Waals surface area contributed by atoms with Crippen LogP contribution in [0.3, 0.4) is 0 Å². The molecule has 1 aromatic carbocycles. The molecule has 9 atom stereocenters. The fourth-order valence-electron chi connectivity index (χ4n) is 10.6. The molecule has 236 valence electrons. The maximum Gasteiger partial charge on any atom is 0.260 e. The standard InChI is InChI=1S/C37H55N3O3/c1-25-23-40(5)26(2)22-37(25,27-9-7-6-8-10-27)19-20-38-34(42)24-43-39-29-15-17-35(3)28(21-29)11-12-30-31-13-14-33(41)36(31,4)18-16-32(30)35/h6-10,21,25-26,30-33,41H,11-20,22-24H2,1-5H3,(H,38,42)/b39-29-/t25-,26-,30-,31+,32+,33+,35+,36+,37+/m1/s1. The Kier molecular flexibility index (Phi) is 8.58. The van der Waals surface area contributed by atoms with Gasteiger partial charge in [0, 0.05) is 24.5 Å². The number of hydrogen-bond donors (Lipinski definition) is 2. The zero-order valence-corrected chi connectivity index (χ0v) is 27.3. The molecule has 0 bridgehead atoms. The Morgan fingerprint density at radius 2 is 1.86 bits per heavy atom. The molecule has 5 aliphatic rings. The van der Waals surface area contributed by atoms with Gasteiger partial charge in [0.2, 0.25) is 0 Å². The Hall–Kier alpha value is -2.18. The Morgan fingerprint density at radius 3 is 2.65 bits per heavy atom. The van der Waals surface area contributed by atoms with E-state index in [4.69, 9.17) is 4.84 Å². The van der Waals surface area contributed by atoms with Crippen LogP contribution in [0.4, 0.5) is 0 Å². The number of nitrogens with one attached hydrogen (secondary N) is 1. The van der Waals surface area contributed by atoms with E-state index in [-0.39, 0.29) is 34.9 Å². The third-order valence-corrected chi connectivity index (χ3v) is 13.5. The molecule has 6 nitrogen and oxygen atoms in total. The highest BCUT2D eigenvalue weighted by molar-refractivity contribution is 5.96. The first kappa shape index (κ1) is 30.8. The lowest BCUT2D eigenvalue weighted by atomic mass is 9.47. The zero-order valence-electron chi connectivity index (χ0n) is 27.3. The molecule has 4 aliphatic carbocycles. The highest BCUT2D eigenvalue weighted by Gasteiger charge is 2.58. The Labute approximate surface area is 259 Å². The van der Waals surface area contributed by atoms with Gasteiger partial charge in [-0.05, 0) is 124 Å². The van der Waals surface area contributed by atoms with Gasteiger partial charge < -0.3 is 20.2 Å². The third kappa shape index (κ3) is 5.49. The summed E-state index contributed by atoms with van der Waals surface area (Å²) in [6.45, 7) is 11.2. The van der Waals surface area contributed by atoms with Crippen LogP contribution in [0.2, 0.25) is 0 Å². The summed E-state index contributed by atoms with van der Waals surface area (Å²) in [5, 5.41) is 18.3. The number of nitrogens with zero attached hydrogens (tertiary/aromatic N) is 2. The van der Waals surface area contributed by atoms with Crippen molar-refractivity contribution in [1.29, 1.82) is 0 Å². The average Bonchev–Trinajstić information content (AvgIpc) is 3.30. The minimum absolute atomic E-state index is 0.0374.